The predicted molar refractivity (Wildman–Crippen MR) is 95.6 cm³/mol. The number of carbonyl (C=O) groups is 1. The van der Waals surface area contributed by atoms with Crippen LogP contribution in [0.3, 0.4) is 0 Å². The topological polar surface area (TPSA) is 59.0 Å². The third-order valence-corrected chi connectivity index (χ3v) is 4.68. The second-order valence-electron chi connectivity index (χ2n) is 6.21. The number of fused-ring (bicyclic) bond motifs is 1. The first kappa shape index (κ1) is 14.9. The molecule has 4 rings (SSSR count). The number of piperidine rings is 1. The van der Waals surface area contributed by atoms with Gasteiger partial charge in [0.15, 0.2) is 0 Å². The molecule has 0 bridgehead atoms. The molecule has 1 aromatic heterocycles. The van der Waals surface area contributed by atoms with Crippen LogP contribution in [0, 0.1) is 0 Å². The van der Waals surface area contributed by atoms with E-state index >= 15 is 0 Å². The van der Waals surface area contributed by atoms with Gasteiger partial charge in [-0.15, -0.1) is 0 Å². The minimum absolute atomic E-state index is 0.605. The normalized spacial score (nSPS) is 17.8. The van der Waals surface area contributed by atoms with Gasteiger partial charge in [0.1, 0.15) is 5.52 Å². The van der Waals surface area contributed by atoms with Crippen molar-refractivity contribution in [1.29, 1.82) is 0 Å². The lowest BCUT2D eigenvalue weighted by molar-refractivity contribution is -0.105. The van der Waals surface area contributed by atoms with Gasteiger partial charge in [0.2, 0.25) is 6.41 Å². The fourth-order valence-corrected chi connectivity index (χ4v) is 3.39. The second-order valence-corrected chi connectivity index (χ2v) is 6.21. The first-order chi connectivity index (χ1) is 11.8. The third kappa shape index (κ3) is 2.78. The molecule has 0 saturated carbocycles. The number of rotatable bonds is 4. The number of nitrogens with one attached hydrogen (secondary N) is 2. The molecule has 2 heterocycles. The number of carbonyl (C=O) groups excluding carboxylic acids is 1. The molecule has 5 heteroatoms. The molecule has 1 aliphatic heterocycles. The van der Waals surface area contributed by atoms with Crippen molar-refractivity contribution in [3.63, 3.8) is 0 Å². The molecule has 24 heavy (non-hydrogen) atoms. The van der Waals surface area contributed by atoms with Crippen LogP contribution >= 0.6 is 0 Å². The zero-order chi connectivity index (χ0) is 16.4. The molecular formula is C19H20N4O. The van der Waals surface area contributed by atoms with Gasteiger partial charge in [-0.1, -0.05) is 24.3 Å². The van der Waals surface area contributed by atoms with Crippen LogP contribution in [0.15, 0.2) is 48.7 Å². The molecular weight excluding hydrogens is 300 g/mol. The lowest BCUT2D eigenvalue weighted by atomic mass is 9.92. The maximum atomic E-state index is 10.7. The molecule has 3 aromatic rings. The molecule has 0 aliphatic carbocycles. The number of hydrogen-bond donors (Lipinski definition) is 2. The maximum Gasteiger partial charge on any atom is 0.211 e. The molecule has 1 atom stereocenters. The zero-order valence-corrected chi connectivity index (χ0v) is 13.4. The van der Waals surface area contributed by atoms with Gasteiger partial charge in [0, 0.05) is 18.1 Å². The number of hydrogen-bond acceptors (Lipinski definition) is 3. The van der Waals surface area contributed by atoms with Gasteiger partial charge in [-0.2, -0.15) is 5.10 Å². The first-order valence-electron chi connectivity index (χ1n) is 8.35. The Kier molecular flexibility index (Phi) is 4.01. The van der Waals surface area contributed by atoms with Crippen molar-refractivity contribution < 1.29 is 4.79 Å². The summed E-state index contributed by atoms with van der Waals surface area (Å²) in [6.07, 6.45) is 5.16. The lowest BCUT2D eigenvalue weighted by Gasteiger charge is -2.23. The summed E-state index contributed by atoms with van der Waals surface area (Å²) in [5, 5.41) is 11.8. The smallest absolute Gasteiger partial charge is 0.211 e. The van der Waals surface area contributed by atoms with Gasteiger partial charge in [-0.05, 0) is 49.1 Å². The van der Waals surface area contributed by atoms with E-state index in [0.717, 1.165) is 35.4 Å². The van der Waals surface area contributed by atoms with Crippen molar-refractivity contribution in [3.05, 3.63) is 54.2 Å². The molecule has 0 spiro atoms. The van der Waals surface area contributed by atoms with Crippen LogP contribution in [0.2, 0.25) is 0 Å². The number of anilines is 1. The highest BCUT2D eigenvalue weighted by Gasteiger charge is 2.15. The summed E-state index contributed by atoms with van der Waals surface area (Å²) in [5.74, 6) is 0.605. The Balaban J connectivity index is 1.64. The highest BCUT2D eigenvalue weighted by molar-refractivity contribution is 5.94. The summed E-state index contributed by atoms with van der Waals surface area (Å²) in [6.45, 7) is 2.19. The molecule has 2 aromatic carbocycles. The van der Waals surface area contributed by atoms with Gasteiger partial charge < -0.3 is 10.6 Å². The van der Waals surface area contributed by atoms with Crippen LogP contribution < -0.4 is 10.6 Å². The summed E-state index contributed by atoms with van der Waals surface area (Å²) in [5.41, 5.74) is 3.93. The fourth-order valence-electron chi connectivity index (χ4n) is 3.39. The minimum atomic E-state index is 0.605. The predicted octanol–water partition coefficient (Wildman–Crippen LogP) is 3.06. The van der Waals surface area contributed by atoms with Gasteiger partial charge in [0.05, 0.1) is 11.4 Å². The Labute approximate surface area is 140 Å². The molecule has 1 aliphatic rings. The summed E-state index contributed by atoms with van der Waals surface area (Å²) in [6, 6.07) is 14.4. The van der Waals surface area contributed by atoms with Crippen molar-refractivity contribution in [2.75, 3.05) is 18.4 Å². The molecule has 0 radical (unpaired) electrons. The molecule has 2 N–H and O–H groups in total. The standard InChI is InChI=1S/C19H20N4O/c24-13-21-18-5-1-3-16-12-23(22-19(16)18)17-8-6-14(7-9-17)15-4-2-10-20-11-15/h1,3,5-9,12-13,15,20H,2,4,10-11H2,(H,21,24)/t15-/m1/s1. The van der Waals surface area contributed by atoms with Crippen LogP contribution in [0.1, 0.15) is 24.3 Å². The van der Waals surface area contributed by atoms with E-state index in [1.807, 2.05) is 29.1 Å². The number of aromatic nitrogens is 2. The van der Waals surface area contributed by atoms with E-state index in [1.54, 1.807) is 0 Å². The van der Waals surface area contributed by atoms with E-state index in [4.69, 9.17) is 0 Å². The van der Waals surface area contributed by atoms with Crippen LogP contribution in [0.25, 0.3) is 16.6 Å². The van der Waals surface area contributed by atoms with E-state index in [2.05, 4.69) is 40.0 Å². The maximum absolute atomic E-state index is 10.7. The van der Waals surface area contributed by atoms with Gasteiger partial charge in [0.25, 0.3) is 0 Å². The lowest BCUT2D eigenvalue weighted by Crippen LogP contribution is -2.28. The van der Waals surface area contributed by atoms with E-state index in [0.29, 0.717) is 12.3 Å². The third-order valence-electron chi connectivity index (χ3n) is 4.68. The van der Waals surface area contributed by atoms with Crippen molar-refractivity contribution in [2.45, 2.75) is 18.8 Å². The van der Waals surface area contributed by atoms with Gasteiger partial charge in [-0.3, -0.25) is 4.79 Å². The highest BCUT2D eigenvalue weighted by atomic mass is 16.1. The largest absolute Gasteiger partial charge is 0.327 e. The molecule has 1 fully saturated rings. The van der Waals surface area contributed by atoms with Crippen LogP contribution in [-0.4, -0.2) is 29.3 Å². The molecule has 0 unspecified atom stereocenters. The van der Waals surface area contributed by atoms with E-state index < -0.39 is 0 Å². The number of amides is 1. The van der Waals surface area contributed by atoms with Gasteiger partial charge >= 0.3 is 0 Å². The van der Waals surface area contributed by atoms with Crippen molar-refractivity contribution in [2.24, 2.45) is 0 Å². The molecule has 122 valence electrons. The first-order valence-corrected chi connectivity index (χ1v) is 8.35. The Hall–Kier alpha value is -2.66. The van der Waals surface area contributed by atoms with Crippen molar-refractivity contribution in [3.8, 4) is 5.69 Å². The Morgan fingerprint density at radius 2 is 2.08 bits per heavy atom. The summed E-state index contributed by atoms with van der Waals surface area (Å²) in [7, 11) is 0. The van der Waals surface area contributed by atoms with E-state index in [-0.39, 0.29) is 0 Å². The average molecular weight is 320 g/mol. The monoisotopic (exact) mass is 320 g/mol. The summed E-state index contributed by atoms with van der Waals surface area (Å²) < 4.78 is 1.86. The quantitative estimate of drug-likeness (QED) is 0.726. The van der Waals surface area contributed by atoms with E-state index in [1.165, 1.54) is 18.4 Å². The Morgan fingerprint density at radius 3 is 2.83 bits per heavy atom. The summed E-state index contributed by atoms with van der Waals surface area (Å²) >= 11 is 0. The molecule has 1 amide bonds. The Morgan fingerprint density at radius 1 is 1.21 bits per heavy atom. The summed E-state index contributed by atoms with van der Waals surface area (Å²) in [4.78, 5) is 10.7. The van der Waals surface area contributed by atoms with Crippen molar-refractivity contribution >= 4 is 23.0 Å². The zero-order valence-electron chi connectivity index (χ0n) is 13.4. The second kappa shape index (κ2) is 6.45. The number of nitrogens with zero attached hydrogens (tertiary/aromatic N) is 2. The fraction of sp³-hybridized carbons (Fsp3) is 0.263. The molecule has 5 nitrogen and oxygen atoms in total. The van der Waals surface area contributed by atoms with Crippen LogP contribution in [0.4, 0.5) is 5.69 Å². The van der Waals surface area contributed by atoms with Crippen LogP contribution in [0.5, 0.6) is 0 Å². The number of benzene rings is 2. The van der Waals surface area contributed by atoms with E-state index in [9.17, 15) is 4.79 Å². The SMILES string of the molecule is O=CNc1cccc2cn(-c3ccc([C@@H]4CCCNC4)cc3)nc12. The molecule has 1 saturated heterocycles. The van der Waals surface area contributed by atoms with Crippen LogP contribution in [-0.2, 0) is 4.79 Å². The van der Waals surface area contributed by atoms with Gasteiger partial charge in [-0.25, -0.2) is 4.68 Å². The minimum Gasteiger partial charge on any atom is -0.327 e. The van der Waals surface area contributed by atoms with Crippen molar-refractivity contribution in [1.82, 2.24) is 15.1 Å². The Bertz CT molecular complexity index is 847. The highest BCUT2D eigenvalue weighted by Crippen LogP contribution is 2.26. The average Bonchev–Trinajstić information content (AvgIpc) is 3.08.